The second-order valence-corrected chi connectivity index (χ2v) is 5.01. The number of carbonyl (C=O) groups is 1. The second kappa shape index (κ2) is 7.79. The van der Waals surface area contributed by atoms with Gasteiger partial charge in [-0.1, -0.05) is 30.3 Å². The van der Waals surface area contributed by atoms with Gasteiger partial charge in [0.1, 0.15) is 0 Å². The highest BCUT2D eigenvalue weighted by Crippen LogP contribution is 2.18. The smallest absolute Gasteiger partial charge is 0.317 e. The SMILES string of the molecule is CC(C)N(C)C(=O)NCC(CCO)c1ccccc1. The van der Waals surface area contributed by atoms with Gasteiger partial charge in [0.05, 0.1) is 0 Å². The van der Waals surface area contributed by atoms with Gasteiger partial charge in [0.2, 0.25) is 0 Å². The molecule has 2 N–H and O–H groups in total. The maximum atomic E-state index is 11.9. The van der Waals surface area contributed by atoms with E-state index in [1.807, 2.05) is 44.2 Å². The zero-order valence-electron chi connectivity index (χ0n) is 12.0. The minimum absolute atomic E-state index is 0.0751. The molecular weight excluding hydrogens is 240 g/mol. The van der Waals surface area contributed by atoms with Gasteiger partial charge >= 0.3 is 6.03 Å². The van der Waals surface area contributed by atoms with Gasteiger partial charge in [-0.15, -0.1) is 0 Å². The highest BCUT2D eigenvalue weighted by molar-refractivity contribution is 5.74. The molecule has 0 saturated heterocycles. The first-order chi connectivity index (χ1) is 9.06. The number of aliphatic hydroxyl groups excluding tert-OH is 1. The van der Waals surface area contributed by atoms with Crippen LogP contribution in [0.1, 0.15) is 31.7 Å². The Morgan fingerprint density at radius 2 is 1.95 bits per heavy atom. The van der Waals surface area contributed by atoms with Crippen molar-refractivity contribution in [3.05, 3.63) is 35.9 Å². The molecule has 0 bridgehead atoms. The van der Waals surface area contributed by atoms with Crippen LogP contribution in [0.3, 0.4) is 0 Å². The third-order valence-corrected chi connectivity index (χ3v) is 3.34. The van der Waals surface area contributed by atoms with Crippen molar-refractivity contribution in [3.8, 4) is 0 Å². The van der Waals surface area contributed by atoms with Crippen LogP contribution in [0.2, 0.25) is 0 Å². The molecule has 0 aromatic heterocycles. The lowest BCUT2D eigenvalue weighted by Crippen LogP contribution is -2.42. The first-order valence-electron chi connectivity index (χ1n) is 6.72. The third-order valence-electron chi connectivity index (χ3n) is 3.34. The van der Waals surface area contributed by atoms with Crippen LogP contribution in [-0.2, 0) is 0 Å². The summed E-state index contributed by atoms with van der Waals surface area (Å²) < 4.78 is 0. The molecule has 0 heterocycles. The number of carbonyl (C=O) groups excluding carboxylic acids is 1. The summed E-state index contributed by atoms with van der Waals surface area (Å²) in [6, 6.07) is 10.1. The molecule has 0 saturated carbocycles. The summed E-state index contributed by atoms with van der Waals surface area (Å²) in [5.74, 6) is 0.149. The first kappa shape index (κ1) is 15.5. The van der Waals surface area contributed by atoms with E-state index in [9.17, 15) is 4.79 Å². The van der Waals surface area contributed by atoms with Crippen molar-refractivity contribution in [1.82, 2.24) is 10.2 Å². The van der Waals surface area contributed by atoms with Gasteiger partial charge in [-0.05, 0) is 25.8 Å². The highest BCUT2D eigenvalue weighted by atomic mass is 16.3. The molecule has 4 nitrogen and oxygen atoms in total. The summed E-state index contributed by atoms with van der Waals surface area (Å²) in [6.45, 7) is 4.61. The van der Waals surface area contributed by atoms with Crippen molar-refractivity contribution in [2.75, 3.05) is 20.2 Å². The fourth-order valence-corrected chi connectivity index (χ4v) is 1.84. The standard InChI is InChI=1S/C15H24N2O2/c1-12(2)17(3)15(19)16-11-14(9-10-18)13-7-5-4-6-8-13/h4-8,12,14,18H,9-11H2,1-3H3,(H,16,19). The Kier molecular flexibility index (Phi) is 6.36. The fraction of sp³-hybridized carbons (Fsp3) is 0.533. The van der Waals surface area contributed by atoms with E-state index in [1.165, 1.54) is 0 Å². The molecule has 0 radical (unpaired) electrons. The molecule has 0 aliphatic heterocycles. The van der Waals surface area contributed by atoms with Crippen LogP contribution in [0.5, 0.6) is 0 Å². The number of nitrogens with one attached hydrogen (secondary N) is 1. The van der Waals surface area contributed by atoms with Gasteiger partial charge in [-0.25, -0.2) is 4.79 Å². The van der Waals surface area contributed by atoms with Crippen LogP contribution in [0.15, 0.2) is 30.3 Å². The molecule has 2 amide bonds. The minimum Gasteiger partial charge on any atom is -0.396 e. The van der Waals surface area contributed by atoms with Crippen LogP contribution in [0, 0.1) is 0 Å². The van der Waals surface area contributed by atoms with E-state index in [-0.39, 0.29) is 24.6 Å². The molecule has 4 heteroatoms. The largest absolute Gasteiger partial charge is 0.396 e. The highest BCUT2D eigenvalue weighted by Gasteiger charge is 2.15. The minimum atomic E-state index is -0.0751. The Bertz CT molecular complexity index is 379. The zero-order chi connectivity index (χ0) is 14.3. The van der Waals surface area contributed by atoms with Gasteiger partial charge in [0, 0.05) is 32.2 Å². The Balaban J connectivity index is 2.58. The molecule has 0 aliphatic carbocycles. The molecule has 106 valence electrons. The van der Waals surface area contributed by atoms with E-state index >= 15 is 0 Å². The van der Waals surface area contributed by atoms with E-state index in [0.29, 0.717) is 13.0 Å². The zero-order valence-corrected chi connectivity index (χ0v) is 12.0. The lowest BCUT2D eigenvalue weighted by Gasteiger charge is -2.24. The molecule has 1 aromatic carbocycles. The number of urea groups is 1. The van der Waals surface area contributed by atoms with E-state index < -0.39 is 0 Å². The molecule has 0 fully saturated rings. The van der Waals surface area contributed by atoms with Crippen molar-refractivity contribution >= 4 is 6.03 Å². The molecule has 0 aliphatic rings. The maximum Gasteiger partial charge on any atom is 0.317 e. The summed E-state index contributed by atoms with van der Waals surface area (Å²) in [4.78, 5) is 13.5. The Morgan fingerprint density at radius 3 is 2.47 bits per heavy atom. The summed E-state index contributed by atoms with van der Waals surface area (Å²) in [6.07, 6.45) is 0.648. The number of hydrogen-bond acceptors (Lipinski definition) is 2. The number of nitrogens with zero attached hydrogens (tertiary/aromatic N) is 1. The van der Waals surface area contributed by atoms with Crippen LogP contribution in [0.25, 0.3) is 0 Å². The van der Waals surface area contributed by atoms with Gasteiger partial charge in [0.15, 0.2) is 0 Å². The average Bonchev–Trinajstić information content (AvgIpc) is 2.43. The van der Waals surface area contributed by atoms with Gasteiger partial charge in [0.25, 0.3) is 0 Å². The molecular formula is C15H24N2O2. The Hall–Kier alpha value is -1.55. The molecule has 19 heavy (non-hydrogen) atoms. The number of benzene rings is 1. The summed E-state index contributed by atoms with van der Waals surface area (Å²) in [5, 5.41) is 12.1. The molecule has 1 rings (SSSR count). The monoisotopic (exact) mass is 264 g/mol. The average molecular weight is 264 g/mol. The Morgan fingerprint density at radius 1 is 1.32 bits per heavy atom. The molecule has 0 spiro atoms. The molecule has 1 atom stereocenters. The van der Waals surface area contributed by atoms with E-state index in [0.717, 1.165) is 5.56 Å². The topological polar surface area (TPSA) is 52.6 Å². The molecule has 1 aromatic rings. The van der Waals surface area contributed by atoms with Crippen LogP contribution in [-0.4, -0.2) is 42.3 Å². The van der Waals surface area contributed by atoms with Crippen molar-refractivity contribution in [3.63, 3.8) is 0 Å². The van der Waals surface area contributed by atoms with Crippen molar-refractivity contribution in [2.45, 2.75) is 32.2 Å². The van der Waals surface area contributed by atoms with Crippen LogP contribution < -0.4 is 5.32 Å². The van der Waals surface area contributed by atoms with E-state index in [4.69, 9.17) is 5.11 Å². The van der Waals surface area contributed by atoms with Crippen LogP contribution >= 0.6 is 0 Å². The van der Waals surface area contributed by atoms with Crippen LogP contribution in [0.4, 0.5) is 4.79 Å². The van der Waals surface area contributed by atoms with Gasteiger partial charge < -0.3 is 15.3 Å². The predicted molar refractivity (Wildman–Crippen MR) is 77.2 cm³/mol. The van der Waals surface area contributed by atoms with Crippen molar-refractivity contribution in [2.24, 2.45) is 0 Å². The quantitative estimate of drug-likeness (QED) is 0.827. The number of amides is 2. The summed E-state index contributed by atoms with van der Waals surface area (Å²) in [5.41, 5.74) is 1.14. The summed E-state index contributed by atoms with van der Waals surface area (Å²) in [7, 11) is 1.78. The number of hydrogen-bond donors (Lipinski definition) is 2. The number of rotatable bonds is 6. The lowest BCUT2D eigenvalue weighted by atomic mass is 9.96. The first-order valence-corrected chi connectivity index (χ1v) is 6.72. The Labute approximate surface area is 115 Å². The van der Waals surface area contributed by atoms with Crippen molar-refractivity contribution < 1.29 is 9.90 Å². The molecule has 1 unspecified atom stereocenters. The lowest BCUT2D eigenvalue weighted by molar-refractivity contribution is 0.195. The van der Waals surface area contributed by atoms with E-state index in [2.05, 4.69) is 5.32 Å². The van der Waals surface area contributed by atoms with E-state index in [1.54, 1.807) is 11.9 Å². The number of aliphatic hydroxyl groups is 1. The second-order valence-electron chi connectivity index (χ2n) is 5.01. The predicted octanol–water partition coefficient (Wildman–Crippen LogP) is 2.20. The third kappa shape index (κ3) is 4.91. The van der Waals surface area contributed by atoms with Gasteiger partial charge in [-0.2, -0.15) is 0 Å². The summed E-state index contributed by atoms with van der Waals surface area (Å²) >= 11 is 0. The van der Waals surface area contributed by atoms with Crippen molar-refractivity contribution in [1.29, 1.82) is 0 Å². The normalized spacial score (nSPS) is 12.3. The van der Waals surface area contributed by atoms with Gasteiger partial charge in [-0.3, -0.25) is 0 Å². The maximum absolute atomic E-state index is 11.9. The fourth-order valence-electron chi connectivity index (χ4n) is 1.84.